The molecule has 1 heterocycles. The van der Waals surface area contributed by atoms with Crippen molar-refractivity contribution in [1.82, 2.24) is 5.32 Å². The van der Waals surface area contributed by atoms with Crippen LogP contribution in [-0.2, 0) is 16.1 Å². The van der Waals surface area contributed by atoms with E-state index in [-0.39, 0.29) is 24.9 Å². The van der Waals surface area contributed by atoms with Gasteiger partial charge in [-0.25, -0.2) is 4.79 Å². The maximum absolute atomic E-state index is 12.4. The summed E-state index contributed by atoms with van der Waals surface area (Å²) >= 11 is 1.28. The van der Waals surface area contributed by atoms with E-state index < -0.39 is 5.97 Å². The summed E-state index contributed by atoms with van der Waals surface area (Å²) in [4.78, 5) is 25.1. The van der Waals surface area contributed by atoms with Crippen LogP contribution in [0.15, 0.2) is 82.3 Å². The van der Waals surface area contributed by atoms with Crippen LogP contribution in [0.25, 0.3) is 0 Å². The van der Waals surface area contributed by atoms with Crippen molar-refractivity contribution in [3.63, 3.8) is 0 Å². The molecule has 3 aromatic rings. The third-order valence-corrected chi connectivity index (χ3v) is 4.91. The van der Waals surface area contributed by atoms with Gasteiger partial charge in [0.1, 0.15) is 24.7 Å². The number of carbonyl (C=O) groups excluding carboxylic acids is 2. The molecule has 3 rings (SSSR count). The Hall–Kier alpha value is -3.19. The van der Waals surface area contributed by atoms with E-state index in [0.29, 0.717) is 22.8 Å². The lowest BCUT2D eigenvalue weighted by atomic mass is 10.2. The molecule has 2 aromatic carbocycles. The van der Waals surface area contributed by atoms with E-state index in [9.17, 15) is 9.59 Å². The Morgan fingerprint density at radius 1 is 0.931 bits per heavy atom. The summed E-state index contributed by atoms with van der Waals surface area (Å²) in [6.45, 7) is 0.730. The summed E-state index contributed by atoms with van der Waals surface area (Å²) in [5.74, 6) is 0.999. The number of amides is 1. The van der Waals surface area contributed by atoms with Crippen molar-refractivity contribution in [3.8, 4) is 5.75 Å². The van der Waals surface area contributed by atoms with Crippen molar-refractivity contribution in [2.24, 2.45) is 0 Å². The van der Waals surface area contributed by atoms with E-state index in [1.54, 1.807) is 36.6 Å². The fourth-order valence-corrected chi connectivity index (χ4v) is 3.31. The lowest BCUT2D eigenvalue weighted by Gasteiger charge is -2.10. The van der Waals surface area contributed by atoms with E-state index in [1.165, 1.54) is 11.8 Å². The van der Waals surface area contributed by atoms with Crippen molar-refractivity contribution in [1.29, 1.82) is 0 Å². The molecule has 150 valence electrons. The molecule has 0 bridgehead atoms. The summed E-state index contributed by atoms with van der Waals surface area (Å²) in [6.07, 6.45) is 1.56. The second-order valence-corrected chi connectivity index (χ2v) is 6.96. The first-order chi connectivity index (χ1) is 14.2. The average molecular weight is 411 g/mol. The minimum Gasteiger partial charge on any atom is -0.490 e. The third-order valence-electron chi connectivity index (χ3n) is 3.83. The van der Waals surface area contributed by atoms with Gasteiger partial charge in [0.2, 0.25) is 5.91 Å². The molecule has 0 atom stereocenters. The Balaban J connectivity index is 1.44. The largest absolute Gasteiger partial charge is 0.490 e. The first kappa shape index (κ1) is 20.5. The van der Waals surface area contributed by atoms with Crippen molar-refractivity contribution >= 4 is 23.6 Å². The van der Waals surface area contributed by atoms with Crippen LogP contribution >= 0.6 is 11.8 Å². The lowest BCUT2D eigenvalue weighted by Crippen LogP contribution is -2.24. The monoisotopic (exact) mass is 411 g/mol. The Labute approximate surface area is 173 Å². The first-order valence-corrected chi connectivity index (χ1v) is 10.1. The van der Waals surface area contributed by atoms with Gasteiger partial charge in [0, 0.05) is 4.90 Å². The van der Waals surface area contributed by atoms with Gasteiger partial charge in [0.25, 0.3) is 0 Å². The van der Waals surface area contributed by atoms with Crippen LogP contribution in [-0.4, -0.2) is 30.8 Å². The molecule has 0 saturated heterocycles. The molecule has 0 aliphatic rings. The predicted octanol–water partition coefficient (Wildman–Crippen LogP) is 3.92. The molecule has 0 aliphatic heterocycles. The van der Waals surface area contributed by atoms with Gasteiger partial charge < -0.3 is 19.2 Å². The Morgan fingerprint density at radius 2 is 1.72 bits per heavy atom. The van der Waals surface area contributed by atoms with E-state index >= 15 is 0 Å². The zero-order valence-corrected chi connectivity index (χ0v) is 16.5. The van der Waals surface area contributed by atoms with Gasteiger partial charge in [0.05, 0.1) is 24.1 Å². The second-order valence-electron chi connectivity index (χ2n) is 5.94. The zero-order valence-electron chi connectivity index (χ0n) is 15.7. The molecule has 0 unspecified atom stereocenters. The van der Waals surface area contributed by atoms with Crippen LogP contribution in [0.4, 0.5) is 0 Å². The van der Waals surface area contributed by atoms with Gasteiger partial charge in [-0.05, 0) is 36.4 Å². The van der Waals surface area contributed by atoms with Crippen LogP contribution in [0, 0.1) is 0 Å². The van der Waals surface area contributed by atoms with E-state index in [2.05, 4.69) is 5.32 Å². The van der Waals surface area contributed by atoms with Gasteiger partial charge in [-0.2, -0.15) is 0 Å². The van der Waals surface area contributed by atoms with Crippen molar-refractivity contribution in [2.75, 3.05) is 19.0 Å². The maximum atomic E-state index is 12.4. The Kier molecular flexibility index (Phi) is 7.77. The summed E-state index contributed by atoms with van der Waals surface area (Å²) in [5.41, 5.74) is 0.427. The van der Waals surface area contributed by atoms with E-state index in [4.69, 9.17) is 13.9 Å². The van der Waals surface area contributed by atoms with Gasteiger partial charge >= 0.3 is 5.97 Å². The quantitative estimate of drug-likeness (QED) is 0.309. The van der Waals surface area contributed by atoms with Crippen LogP contribution in [0.5, 0.6) is 5.75 Å². The molecule has 6 nitrogen and oxygen atoms in total. The molecule has 29 heavy (non-hydrogen) atoms. The number of para-hydroxylation sites is 1. The summed E-state index contributed by atoms with van der Waals surface area (Å²) in [5, 5.41) is 2.78. The van der Waals surface area contributed by atoms with Crippen molar-refractivity contribution < 1.29 is 23.5 Å². The van der Waals surface area contributed by atoms with Crippen LogP contribution in [0.2, 0.25) is 0 Å². The summed E-state index contributed by atoms with van der Waals surface area (Å²) in [7, 11) is 0. The topological polar surface area (TPSA) is 77.8 Å². The molecule has 1 N–H and O–H groups in total. The SMILES string of the molecule is O=C(CSc1ccccc1C(=O)OCCOc1ccccc1)NCc1ccco1. The summed E-state index contributed by atoms with van der Waals surface area (Å²) in [6, 6.07) is 19.9. The van der Waals surface area contributed by atoms with Gasteiger partial charge in [0.15, 0.2) is 0 Å². The molecule has 0 aliphatic carbocycles. The maximum Gasteiger partial charge on any atom is 0.339 e. The molecule has 0 saturated carbocycles. The number of ether oxygens (including phenoxy) is 2. The molecular weight excluding hydrogens is 390 g/mol. The number of benzene rings is 2. The van der Waals surface area contributed by atoms with Gasteiger partial charge in [-0.1, -0.05) is 30.3 Å². The fourth-order valence-electron chi connectivity index (χ4n) is 2.44. The first-order valence-electron chi connectivity index (χ1n) is 9.08. The molecule has 1 aromatic heterocycles. The normalized spacial score (nSPS) is 10.3. The predicted molar refractivity (Wildman–Crippen MR) is 110 cm³/mol. The molecule has 0 fully saturated rings. The minimum atomic E-state index is -0.444. The highest BCUT2D eigenvalue weighted by atomic mass is 32.2. The highest BCUT2D eigenvalue weighted by Gasteiger charge is 2.14. The van der Waals surface area contributed by atoms with Crippen LogP contribution in [0.1, 0.15) is 16.1 Å². The standard InChI is InChI=1S/C22H21NO5S/c24-21(23-15-18-9-6-12-26-18)16-29-20-11-5-4-10-19(20)22(25)28-14-13-27-17-7-2-1-3-8-17/h1-12H,13-16H2,(H,23,24). The van der Waals surface area contributed by atoms with Crippen molar-refractivity contribution in [2.45, 2.75) is 11.4 Å². The number of furan rings is 1. The fraction of sp³-hybridized carbons (Fsp3) is 0.182. The molecule has 0 spiro atoms. The van der Waals surface area contributed by atoms with Gasteiger partial charge in [-0.3, -0.25) is 4.79 Å². The smallest absolute Gasteiger partial charge is 0.339 e. The minimum absolute atomic E-state index is 0.135. The van der Waals surface area contributed by atoms with Crippen LogP contribution in [0.3, 0.4) is 0 Å². The van der Waals surface area contributed by atoms with Gasteiger partial charge in [-0.15, -0.1) is 11.8 Å². The second kappa shape index (κ2) is 11.0. The highest BCUT2D eigenvalue weighted by Crippen LogP contribution is 2.23. The lowest BCUT2D eigenvalue weighted by molar-refractivity contribution is -0.118. The number of nitrogens with one attached hydrogen (secondary N) is 1. The molecule has 0 radical (unpaired) electrons. The molecule has 1 amide bonds. The number of hydrogen-bond acceptors (Lipinski definition) is 6. The number of thioether (sulfide) groups is 1. The third kappa shape index (κ3) is 6.73. The Bertz CT molecular complexity index is 912. The summed E-state index contributed by atoms with van der Waals surface area (Å²) < 4.78 is 16.0. The number of esters is 1. The van der Waals surface area contributed by atoms with E-state index in [1.807, 2.05) is 36.4 Å². The van der Waals surface area contributed by atoms with Crippen LogP contribution < -0.4 is 10.1 Å². The number of rotatable bonds is 10. The highest BCUT2D eigenvalue weighted by molar-refractivity contribution is 8.00. The van der Waals surface area contributed by atoms with E-state index in [0.717, 1.165) is 5.75 Å². The van der Waals surface area contributed by atoms with Crippen molar-refractivity contribution in [3.05, 3.63) is 84.3 Å². The zero-order chi connectivity index (χ0) is 20.3. The number of carbonyl (C=O) groups is 2. The number of hydrogen-bond donors (Lipinski definition) is 1. The molecular formula is C22H21NO5S. The average Bonchev–Trinajstić information content (AvgIpc) is 3.28. The molecule has 7 heteroatoms. The Morgan fingerprint density at radius 3 is 2.52 bits per heavy atom.